The van der Waals surface area contributed by atoms with Crippen molar-refractivity contribution in [3.63, 3.8) is 0 Å². The first-order chi connectivity index (χ1) is 13.6. The van der Waals surface area contributed by atoms with Gasteiger partial charge in [0.05, 0.1) is 32.4 Å². The summed E-state index contributed by atoms with van der Waals surface area (Å²) >= 11 is 0. The second-order valence-corrected chi connectivity index (χ2v) is 5.82. The van der Waals surface area contributed by atoms with Gasteiger partial charge in [-0.25, -0.2) is 4.98 Å². The van der Waals surface area contributed by atoms with Crippen LogP contribution in [-0.2, 0) is 0 Å². The van der Waals surface area contributed by atoms with Gasteiger partial charge in [0.25, 0.3) is 0 Å². The number of nitrogens with two attached hydrogens (primary N) is 1. The van der Waals surface area contributed by atoms with Crippen molar-refractivity contribution in [2.75, 3.05) is 32.4 Å². The summed E-state index contributed by atoms with van der Waals surface area (Å²) in [5, 5.41) is 7.48. The van der Waals surface area contributed by atoms with Gasteiger partial charge in [0.15, 0.2) is 11.5 Å². The van der Waals surface area contributed by atoms with Gasteiger partial charge < -0.3 is 30.2 Å². The SMILES string of the molecule is COc1cc(Nc2nc(N)n(-c3nc4ccccc4[nH]3)n2)cc(OC)c1OC. The Kier molecular flexibility index (Phi) is 4.36. The van der Waals surface area contributed by atoms with Gasteiger partial charge in [0, 0.05) is 17.8 Å². The molecule has 0 unspecified atom stereocenters. The second-order valence-electron chi connectivity index (χ2n) is 5.82. The van der Waals surface area contributed by atoms with Crippen LogP contribution in [0.5, 0.6) is 17.2 Å². The van der Waals surface area contributed by atoms with Crippen LogP contribution in [-0.4, -0.2) is 46.1 Å². The Morgan fingerprint density at radius 3 is 2.36 bits per heavy atom. The maximum atomic E-state index is 6.03. The molecule has 28 heavy (non-hydrogen) atoms. The number of para-hydroxylation sites is 2. The van der Waals surface area contributed by atoms with Crippen molar-refractivity contribution in [3.05, 3.63) is 36.4 Å². The van der Waals surface area contributed by atoms with Crippen LogP contribution in [0.3, 0.4) is 0 Å². The van der Waals surface area contributed by atoms with Gasteiger partial charge in [-0.2, -0.15) is 9.67 Å². The van der Waals surface area contributed by atoms with Gasteiger partial charge in [0.2, 0.25) is 23.6 Å². The number of anilines is 3. The van der Waals surface area contributed by atoms with Crippen LogP contribution in [0.1, 0.15) is 0 Å². The molecule has 0 saturated carbocycles. The number of rotatable bonds is 6. The van der Waals surface area contributed by atoms with Gasteiger partial charge in [0.1, 0.15) is 0 Å². The molecule has 0 saturated heterocycles. The first-order valence-corrected chi connectivity index (χ1v) is 8.37. The van der Waals surface area contributed by atoms with E-state index in [2.05, 4.69) is 25.4 Å². The monoisotopic (exact) mass is 381 g/mol. The van der Waals surface area contributed by atoms with Crippen molar-refractivity contribution in [3.8, 4) is 23.2 Å². The third kappa shape index (κ3) is 3.00. The number of nitrogen functional groups attached to an aromatic ring is 1. The lowest BCUT2D eigenvalue weighted by Gasteiger charge is -2.14. The predicted molar refractivity (Wildman–Crippen MR) is 105 cm³/mol. The lowest BCUT2D eigenvalue weighted by Crippen LogP contribution is -2.04. The van der Waals surface area contributed by atoms with Crippen molar-refractivity contribution in [2.45, 2.75) is 0 Å². The van der Waals surface area contributed by atoms with E-state index in [1.165, 1.54) is 4.68 Å². The third-order valence-corrected chi connectivity index (χ3v) is 4.13. The maximum Gasteiger partial charge on any atom is 0.248 e. The number of nitrogens with zero attached hydrogens (tertiary/aromatic N) is 4. The number of aromatic amines is 1. The molecule has 0 amide bonds. The molecule has 4 N–H and O–H groups in total. The largest absolute Gasteiger partial charge is 0.493 e. The number of nitrogens with one attached hydrogen (secondary N) is 2. The fourth-order valence-corrected chi connectivity index (χ4v) is 2.85. The van der Waals surface area contributed by atoms with Gasteiger partial charge in [-0.05, 0) is 12.1 Å². The Morgan fingerprint density at radius 2 is 1.71 bits per heavy atom. The summed E-state index contributed by atoms with van der Waals surface area (Å²) < 4.78 is 17.5. The highest BCUT2D eigenvalue weighted by molar-refractivity contribution is 5.76. The number of fused-ring (bicyclic) bond motifs is 1. The Morgan fingerprint density at radius 1 is 1.00 bits per heavy atom. The van der Waals surface area contributed by atoms with E-state index in [1.807, 2.05) is 24.3 Å². The molecular weight excluding hydrogens is 362 g/mol. The number of ether oxygens (including phenoxy) is 3. The van der Waals surface area contributed by atoms with E-state index in [-0.39, 0.29) is 5.95 Å². The summed E-state index contributed by atoms with van der Waals surface area (Å²) in [7, 11) is 4.64. The number of methoxy groups -OCH3 is 3. The molecule has 0 aliphatic heterocycles. The van der Waals surface area contributed by atoms with E-state index in [1.54, 1.807) is 33.5 Å². The first-order valence-electron chi connectivity index (χ1n) is 8.37. The zero-order valence-corrected chi connectivity index (χ0v) is 15.6. The van der Waals surface area contributed by atoms with Gasteiger partial charge >= 0.3 is 0 Å². The van der Waals surface area contributed by atoms with E-state index >= 15 is 0 Å². The average Bonchev–Trinajstić information content (AvgIpc) is 3.29. The summed E-state index contributed by atoms with van der Waals surface area (Å²) in [6.45, 7) is 0. The molecule has 4 aromatic rings. The van der Waals surface area contributed by atoms with Crippen LogP contribution in [0.2, 0.25) is 0 Å². The average molecular weight is 381 g/mol. The van der Waals surface area contributed by atoms with Crippen molar-refractivity contribution >= 4 is 28.6 Å². The molecule has 0 atom stereocenters. The van der Waals surface area contributed by atoms with Crippen LogP contribution in [0, 0.1) is 0 Å². The highest BCUT2D eigenvalue weighted by Crippen LogP contribution is 2.40. The third-order valence-electron chi connectivity index (χ3n) is 4.13. The van der Waals surface area contributed by atoms with Crippen molar-refractivity contribution in [2.24, 2.45) is 0 Å². The van der Waals surface area contributed by atoms with Crippen LogP contribution >= 0.6 is 0 Å². The fraction of sp³-hybridized carbons (Fsp3) is 0.167. The predicted octanol–water partition coefficient (Wildman–Crippen LogP) is 2.50. The Bertz CT molecular complexity index is 1080. The van der Waals surface area contributed by atoms with E-state index < -0.39 is 0 Å². The molecule has 0 spiro atoms. The van der Waals surface area contributed by atoms with Crippen molar-refractivity contribution in [1.82, 2.24) is 24.7 Å². The van der Waals surface area contributed by atoms with Crippen LogP contribution in [0.15, 0.2) is 36.4 Å². The van der Waals surface area contributed by atoms with Gasteiger partial charge in [-0.3, -0.25) is 0 Å². The molecule has 0 fully saturated rings. The second kappa shape index (κ2) is 6.99. The minimum absolute atomic E-state index is 0.189. The number of aromatic nitrogens is 5. The molecule has 0 bridgehead atoms. The molecule has 0 radical (unpaired) electrons. The summed E-state index contributed by atoms with van der Waals surface area (Å²) in [5.74, 6) is 2.48. The zero-order valence-electron chi connectivity index (χ0n) is 15.6. The molecule has 2 heterocycles. The normalized spacial score (nSPS) is 10.8. The number of hydrogen-bond donors (Lipinski definition) is 3. The quantitative estimate of drug-likeness (QED) is 0.465. The molecular formula is C18H19N7O3. The van der Waals surface area contributed by atoms with Gasteiger partial charge in [-0.15, -0.1) is 5.10 Å². The summed E-state index contributed by atoms with van der Waals surface area (Å²) in [5.41, 5.74) is 8.37. The lowest BCUT2D eigenvalue weighted by atomic mass is 10.2. The maximum absolute atomic E-state index is 6.03. The topological polar surface area (TPSA) is 125 Å². The van der Waals surface area contributed by atoms with Crippen molar-refractivity contribution in [1.29, 1.82) is 0 Å². The molecule has 0 aliphatic rings. The summed E-state index contributed by atoms with van der Waals surface area (Å²) in [6, 6.07) is 11.2. The molecule has 10 nitrogen and oxygen atoms in total. The van der Waals surface area contributed by atoms with E-state index in [4.69, 9.17) is 19.9 Å². The molecule has 0 aliphatic carbocycles. The minimum atomic E-state index is 0.189. The lowest BCUT2D eigenvalue weighted by molar-refractivity contribution is 0.324. The standard InChI is InChI=1S/C18H19N7O3/c1-26-13-8-10(9-14(27-2)15(13)28-3)20-17-23-16(19)25(24-17)18-21-11-6-4-5-7-12(11)22-18/h4-9H,1-3H3,(H,21,22)(H3,19,20,23,24). The van der Waals surface area contributed by atoms with E-state index in [9.17, 15) is 0 Å². The van der Waals surface area contributed by atoms with Gasteiger partial charge in [-0.1, -0.05) is 12.1 Å². The molecule has 144 valence electrons. The minimum Gasteiger partial charge on any atom is -0.493 e. The zero-order chi connectivity index (χ0) is 19.7. The van der Waals surface area contributed by atoms with Crippen molar-refractivity contribution < 1.29 is 14.2 Å². The van der Waals surface area contributed by atoms with E-state index in [0.29, 0.717) is 34.8 Å². The van der Waals surface area contributed by atoms with Crippen LogP contribution in [0.25, 0.3) is 17.0 Å². The Balaban J connectivity index is 1.67. The number of H-pyrrole nitrogens is 1. The van der Waals surface area contributed by atoms with Crippen LogP contribution in [0.4, 0.5) is 17.6 Å². The first kappa shape index (κ1) is 17.5. The summed E-state index contributed by atoms with van der Waals surface area (Å²) in [4.78, 5) is 11.9. The number of hydrogen-bond acceptors (Lipinski definition) is 8. The highest BCUT2D eigenvalue weighted by atomic mass is 16.5. The highest BCUT2D eigenvalue weighted by Gasteiger charge is 2.16. The molecule has 10 heteroatoms. The molecule has 2 aromatic heterocycles. The van der Waals surface area contributed by atoms with Crippen LogP contribution < -0.4 is 25.3 Å². The van der Waals surface area contributed by atoms with E-state index in [0.717, 1.165) is 11.0 Å². The molecule has 4 rings (SSSR count). The molecule has 2 aromatic carbocycles. The fourth-order valence-electron chi connectivity index (χ4n) is 2.85. The number of imidazole rings is 1. The number of benzene rings is 2. The summed E-state index contributed by atoms with van der Waals surface area (Å²) in [6.07, 6.45) is 0. The Labute approximate surface area is 160 Å². The Hall–Kier alpha value is -3.95. The smallest absolute Gasteiger partial charge is 0.248 e.